The zero-order valence-corrected chi connectivity index (χ0v) is 14.7. The predicted molar refractivity (Wildman–Crippen MR) is 95.4 cm³/mol. The number of hydrogen-bond acceptors (Lipinski definition) is 5. The number of rotatable bonds is 6. The van der Waals surface area contributed by atoms with E-state index >= 15 is 0 Å². The van der Waals surface area contributed by atoms with E-state index in [1.165, 1.54) is 5.56 Å². The third kappa shape index (κ3) is 4.18. The second kappa shape index (κ2) is 7.53. The summed E-state index contributed by atoms with van der Waals surface area (Å²) in [4.78, 5) is 9.43. The van der Waals surface area contributed by atoms with Gasteiger partial charge in [0.1, 0.15) is 5.01 Å². The summed E-state index contributed by atoms with van der Waals surface area (Å²) in [7, 11) is 4.20. The van der Waals surface area contributed by atoms with Crippen LogP contribution in [0.5, 0.6) is 0 Å². The Morgan fingerprint density at radius 2 is 1.96 bits per heavy atom. The molecule has 5 heteroatoms. The van der Waals surface area contributed by atoms with Gasteiger partial charge in [0.2, 0.25) is 0 Å². The van der Waals surface area contributed by atoms with Crippen molar-refractivity contribution in [2.24, 2.45) is 11.8 Å². The van der Waals surface area contributed by atoms with Crippen LogP contribution < -0.4 is 0 Å². The van der Waals surface area contributed by atoms with Crippen molar-refractivity contribution in [3.8, 4) is 11.3 Å². The topological polar surface area (TPSA) is 39.6 Å². The number of aliphatic hydroxyl groups is 1. The second-order valence-corrected chi connectivity index (χ2v) is 7.59. The van der Waals surface area contributed by atoms with Gasteiger partial charge in [0.15, 0.2) is 0 Å². The third-order valence-electron chi connectivity index (χ3n) is 4.47. The van der Waals surface area contributed by atoms with Crippen LogP contribution in [0.4, 0.5) is 0 Å². The van der Waals surface area contributed by atoms with Crippen molar-refractivity contribution in [1.29, 1.82) is 0 Å². The van der Waals surface area contributed by atoms with Crippen molar-refractivity contribution >= 4 is 11.3 Å². The van der Waals surface area contributed by atoms with Crippen LogP contribution in [0, 0.1) is 11.8 Å². The fourth-order valence-electron chi connectivity index (χ4n) is 3.36. The molecule has 0 spiro atoms. The number of aromatic nitrogens is 1. The number of aliphatic hydroxyl groups excluding tert-OH is 1. The normalized spacial score (nSPS) is 22.1. The quantitative estimate of drug-likeness (QED) is 0.882. The highest BCUT2D eigenvalue weighted by Crippen LogP contribution is 2.27. The molecule has 1 N–H and O–H groups in total. The van der Waals surface area contributed by atoms with Gasteiger partial charge in [-0.1, -0.05) is 30.3 Å². The molecule has 124 valence electrons. The number of hydrogen-bond donors (Lipinski definition) is 1. The molecular weight excluding hydrogens is 306 g/mol. The van der Waals surface area contributed by atoms with Gasteiger partial charge in [-0.05, 0) is 25.9 Å². The Balaban J connectivity index is 1.63. The van der Waals surface area contributed by atoms with Gasteiger partial charge in [-0.2, -0.15) is 0 Å². The van der Waals surface area contributed by atoms with Crippen LogP contribution in [-0.4, -0.2) is 60.2 Å². The number of nitrogens with zero attached hydrogens (tertiary/aromatic N) is 3. The van der Waals surface area contributed by atoms with Gasteiger partial charge in [0.25, 0.3) is 0 Å². The van der Waals surface area contributed by atoms with Gasteiger partial charge in [-0.25, -0.2) is 4.98 Å². The molecular formula is C18H25N3OS. The average molecular weight is 331 g/mol. The largest absolute Gasteiger partial charge is 0.396 e. The Morgan fingerprint density at radius 1 is 1.22 bits per heavy atom. The first-order valence-corrected chi connectivity index (χ1v) is 9.01. The van der Waals surface area contributed by atoms with Gasteiger partial charge in [0.05, 0.1) is 12.2 Å². The standard InChI is InChI=1S/C18H25N3OS/c1-20(2)8-15-9-21(10-16(15)12-22)11-18-19-17(13-23-18)14-6-4-3-5-7-14/h3-7,13,15-16,22H,8-12H2,1-2H3/t15-,16-/m1/s1. The molecule has 0 saturated carbocycles. The lowest BCUT2D eigenvalue weighted by Gasteiger charge is -2.20. The second-order valence-electron chi connectivity index (χ2n) is 6.65. The highest BCUT2D eigenvalue weighted by atomic mass is 32.1. The molecule has 3 rings (SSSR count). The van der Waals surface area contributed by atoms with Crippen LogP contribution in [0.15, 0.2) is 35.7 Å². The van der Waals surface area contributed by atoms with Crippen LogP contribution >= 0.6 is 11.3 Å². The molecule has 2 aromatic rings. The molecule has 1 aromatic heterocycles. The van der Waals surface area contributed by atoms with E-state index in [0.29, 0.717) is 11.8 Å². The summed E-state index contributed by atoms with van der Waals surface area (Å²) in [6.45, 7) is 4.22. The fraction of sp³-hybridized carbons (Fsp3) is 0.500. The number of benzene rings is 1. The summed E-state index contributed by atoms with van der Waals surface area (Å²) in [6.07, 6.45) is 0. The number of likely N-dealkylation sites (tertiary alicyclic amines) is 1. The first-order chi connectivity index (χ1) is 11.2. The van der Waals surface area contributed by atoms with E-state index in [2.05, 4.69) is 41.4 Å². The lowest BCUT2D eigenvalue weighted by Crippen LogP contribution is -2.28. The Kier molecular flexibility index (Phi) is 5.43. The fourth-order valence-corrected chi connectivity index (χ4v) is 4.21. The maximum absolute atomic E-state index is 9.63. The van der Waals surface area contributed by atoms with Gasteiger partial charge in [-0.3, -0.25) is 4.90 Å². The van der Waals surface area contributed by atoms with Crippen molar-refractivity contribution in [2.75, 3.05) is 40.3 Å². The smallest absolute Gasteiger partial charge is 0.107 e. The predicted octanol–water partition coefficient (Wildman–Crippen LogP) is 2.41. The summed E-state index contributed by atoms with van der Waals surface area (Å²) >= 11 is 1.73. The van der Waals surface area contributed by atoms with Crippen LogP contribution in [0.2, 0.25) is 0 Å². The molecule has 0 unspecified atom stereocenters. The molecule has 1 aliphatic rings. The Labute approximate surface area is 142 Å². The maximum atomic E-state index is 9.63. The van der Waals surface area contributed by atoms with Gasteiger partial charge >= 0.3 is 0 Å². The molecule has 0 bridgehead atoms. The molecule has 23 heavy (non-hydrogen) atoms. The highest BCUT2D eigenvalue weighted by Gasteiger charge is 2.32. The molecule has 1 aliphatic heterocycles. The van der Waals surface area contributed by atoms with E-state index in [4.69, 9.17) is 4.98 Å². The zero-order chi connectivity index (χ0) is 16.2. The van der Waals surface area contributed by atoms with Gasteiger partial charge in [0, 0.05) is 37.2 Å². The van der Waals surface area contributed by atoms with E-state index in [1.54, 1.807) is 11.3 Å². The van der Waals surface area contributed by atoms with Crippen LogP contribution in [0.1, 0.15) is 5.01 Å². The van der Waals surface area contributed by atoms with Gasteiger partial charge in [-0.15, -0.1) is 11.3 Å². The summed E-state index contributed by atoms with van der Waals surface area (Å²) < 4.78 is 0. The maximum Gasteiger partial charge on any atom is 0.107 e. The molecule has 1 aromatic carbocycles. The first-order valence-electron chi connectivity index (χ1n) is 8.13. The van der Waals surface area contributed by atoms with E-state index in [0.717, 1.165) is 36.9 Å². The molecule has 0 amide bonds. The van der Waals surface area contributed by atoms with E-state index in [9.17, 15) is 5.11 Å². The summed E-state index contributed by atoms with van der Waals surface area (Å²) in [5.41, 5.74) is 2.24. The minimum atomic E-state index is 0.280. The lowest BCUT2D eigenvalue weighted by atomic mass is 9.97. The monoisotopic (exact) mass is 331 g/mol. The van der Waals surface area contributed by atoms with Crippen molar-refractivity contribution in [3.63, 3.8) is 0 Å². The van der Waals surface area contributed by atoms with Crippen LogP contribution in [0.3, 0.4) is 0 Å². The lowest BCUT2D eigenvalue weighted by molar-refractivity contribution is 0.183. The molecule has 0 radical (unpaired) electrons. The van der Waals surface area contributed by atoms with E-state index in [1.807, 2.05) is 18.2 Å². The molecule has 0 aliphatic carbocycles. The van der Waals surface area contributed by atoms with Crippen molar-refractivity contribution in [3.05, 3.63) is 40.7 Å². The molecule has 1 saturated heterocycles. The van der Waals surface area contributed by atoms with Crippen molar-refractivity contribution in [1.82, 2.24) is 14.8 Å². The van der Waals surface area contributed by atoms with Crippen LogP contribution in [-0.2, 0) is 6.54 Å². The van der Waals surface area contributed by atoms with E-state index < -0.39 is 0 Å². The van der Waals surface area contributed by atoms with Crippen molar-refractivity contribution < 1.29 is 5.11 Å². The Hall–Kier alpha value is -1.27. The Morgan fingerprint density at radius 3 is 2.65 bits per heavy atom. The minimum absolute atomic E-state index is 0.280. The number of thiazole rings is 1. The van der Waals surface area contributed by atoms with E-state index in [-0.39, 0.29) is 6.61 Å². The first kappa shape index (κ1) is 16.6. The summed E-state index contributed by atoms with van der Waals surface area (Å²) in [5, 5.41) is 12.9. The minimum Gasteiger partial charge on any atom is -0.396 e. The molecule has 2 heterocycles. The van der Waals surface area contributed by atoms with Crippen LogP contribution in [0.25, 0.3) is 11.3 Å². The third-order valence-corrected chi connectivity index (χ3v) is 5.30. The average Bonchev–Trinajstić information content (AvgIpc) is 3.15. The molecule has 2 atom stereocenters. The van der Waals surface area contributed by atoms with Crippen molar-refractivity contribution in [2.45, 2.75) is 6.54 Å². The molecule has 4 nitrogen and oxygen atoms in total. The zero-order valence-electron chi connectivity index (χ0n) is 13.9. The Bertz CT molecular complexity index is 614. The summed E-state index contributed by atoms with van der Waals surface area (Å²) in [6, 6.07) is 10.3. The SMILES string of the molecule is CN(C)C[C@@H]1CN(Cc2nc(-c3ccccc3)cs2)C[C@@H]1CO. The summed E-state index contributed by atoms with van der Waals surface area (Å²) in [5.74, 6) is 0.925. The highest BCUT2D eigenvalue weighted by molar-refractivity contribution is 7.09. The van der Waals surface area contributed by atoms with Gasteiger partial charge < -0.3 is 10.0 Å². The molecule has 1 fully saturated rings.